The van der Waals surface area contributed by atoms with E-state index in [1.807, 2.05) is 6.92 Å². The fourth-order valence-corrected chi connectivity index (χ4v) is 2.96. The lowest BCUT2D eigenvalue weighted by Crippen LogP contribution is -2.36. The minimum atomic E-state index is -3.38. The largest absolute Gasteiger partial charge is 0.465 e. The SMILES string of the molecule is CCCCOC(=O)CN(C)S(=O)(=O)[C@@H]1CN1C. The number of unbranched alkanes of at least 4 members (excludes halogenated alkanes) is 1. The molecule has 1 aliphatic heterocycles. The van der Waals surface area contributed by atoms with Crippen LogP contribution in [-0.2, 0) is 19.6 Å². The van der Waals surface area contributed by atoms with Crippen LogP contribution in [0.1, 0.15) is 19.8 Å². The van der Waals surface area contributed by atoms with Gasteiger partial charge < -0.3 is 4.74 Å². The van der Waals surface area contributed by atoms with E-state index in [1.54, 1.807) is 11.9 Å². The predicted molar refractivity (Wildman–Crippen MR) is 63.8 cm³/mol. The van der Waals surface area contributed by atoms with Gasteiger partial charge in [-0.1, -0.05) is 13.3 Å². The van der Waals surface area contributed by atoms with Crippen LogP contribution < -0.4 is 0 Å². The number of likely N-dealkylation sites (N-methyl/N-ethyl adjacent to an activating group) is 2. The molecule has 6 nitrogen and oxygen atoms in total. The van der Waals surface area contributed by atoms with Gasteiger partial charge in [0.25, 0.3) is 0 Å². The standard InChI is InChI=1S/C10H20N2O4S/c1-4-5-6-16-10(13)8-12(3)17(14,15)9-7-11(9)2/h9H,4-8H2,1-3H3/t9-,11?/m1/s1. The first kappa shape index (κ1) is 14.4. The van der Waals surface area contributed by atoms with Crippen LogP contribution in [0.4, 0.5) is 0 Å². The summed E-state index contributed by atoms with van der Waals surface area (Å²) in [7, 11) is -0.245. The van der Waals surface area contributed by atoms with Crippen molar-refractivity contribution in [1.29, 1.82) is 0 Å². The molecule has 1 fully saturated rings. The minimum absolute atomic E-state index is 0.212. The lowest BCUT2D eigenvalue weighted by atomic mass is 10.4. The van der Waals surface area contributed by atoms with Crippen molar-refractivity contribution >= 4 is 16.0 Å². The second-order valence-corrected chi connectivity index (χ2v) is 6.47. The molecule has 100 valence electrons. The molecule has 1 rings (SSSR count). The fourth-order valence-electron chi connectivity index (χ4n) is 1.38. The number of hydrogen-bond acceptors (Lipinski definition) is 5. The average Bonchev–Trinajstić information content (AvgIpc) is 2.96. The van der Waals surface area contributed by atoms with Crippen LogP contribution >= 0.6 is 0 Å². The first-order chi connectivity index (χ1) is 7.89. The molecule has 1 heterocycles. The molecule has 0 aromatic heterocycles. The van der Waals surface area contributed by atoms with Gasteiger partial charge >= 0.3 is 5.97 Å². The van der Waals surface area contributed by atoms with Crippen LogP contribution in [-0.4, -0.2) is 62.8 Å². The number of sulfonamides is 1. The highest BCUT2D eigenvalue weighted by molar-refractivity contribution is 7.90. The Bertz CT molecular complexity index is 369. The van der Waals surface area contributed by atoms with Gasteiger partial charge in [0.2, 0.25) is 10.0 Å². The summed E-state index contributed by atoms with van der Waals surface area (Å²) in [6.45, 7) is 2.66. The van der Waals surface area contributed by atoms with Crippen molar-refractivity contribution in [2.45, 2.75) is 25.1 Å². The van der Waals surface area contributed by atoms with Crippen LogP contribution in [0.15, 0.2) is 0 Å². The Hall–Kier alpha value is -0.660. The molecule has 7 heteroatoms. The third kappa shape index (κ3) is 3.93. The number of carbonyl (C=O) groups is 1. The van der Waals surface area contributed by atoms with Crippen molar-refractivity contribution in [3.05, 3.63) is 0 Å². The Morgan fingerprint density at radius 3 is 2.59 bits per heavy atom. The van der Waals surface area contributed by atoms with E-state index < -0.39 is 21.4 Å². The summed E-state index contributed by atoms with van der Waals surface area (Å²) < 4.78 is 29.7. The summed E-state index contributed by atoms with van der Waals surface area (Å²) in [5, 5.41) is -0.476. The molecular formula is C10H20N2O4S. The Kier molecular flexibility index (Phi) is 4.91. The summed E-state index contributed by atoms with van der Waals surface area (Å²) in [6, 6.07) is 0. The van der Waals surface area contributed by atoms with Gasteiger partial charge in [-0.3, -0.25) is 9.69 Å². The van der Waals surface area contributed by atoms with Crippen molar-refractivity contribution < 1.29 is 17.9 Å². The van der Waals surface area contributed by atoms with Crippen molar-refractivity contribution in [1.82, 2.24) is 9.21 Å². The summed E-state index contributed by atoms with van der Waals surface area (Å²) >= 11 is 0. The highest BCUT2D eigenvalue weighted by atomic mass is 32.2. The monoisotopic (exact) mass is 264 g/mol. The molecule has 0 saturated carbocycles. The third-order valence-corrected chi connectivity index (χ3v) is 4.89. The minimum Gasteiger partial charge on any atom is -0.465 e. The summed E-state index contributed by atoms with van der Waals surface area (Å²) in [6.07, 6.45) is 1.74. The summed E-state index contributed by atoms with van der Waals surface area (Å²) in [5.74, 6) is -0.493. The normalized spacial score (nSPS) is 23.8. The van der Waals surface area contributed by atoms with E-state index in [2.05, 4.69) is 0 Å². The predicted octanol–water partition coefficient (Wildman–Crippen LogP) is -0.137. The molecule has 0 aromatic rings. The van der Waals surface area contributed by atoms with Crippen molar-refractivity contribution in [2.24, 2.45) is 0 Å². The number of hydrogen-bond donors (Lipinski definition) is 0. The van der Waals surface area contributed by atoms with E-state index in [4.69, 9.17) is 4.74 Å². The lowest BCUT2D eigenvalue weighted by Gasteiger charge is -2.15. The number of carbonyl (C=O) groups excluding carboxylic acids is 1. The van der Waals surface area contributed by atoms with Crippen LogP contribution in [0, 0.1) is 0 Å². The van der Waals surface area contributed by atoms with Gasteiger partial charge in [-0.25, -0.2) is 8.42 Å². The van der Waals surface area contributed by atoms with Gasteiger partial charge in [0, 0.05) is 13.6 Å². The Morgan fingerprint density at radius 1 is 1.53 bits per heavy atom. The second kappa shape index (κ2) is 5.79. The van der Waals surface area contributed by atoms with Gasteiger partial charge in [0.1, 0.15) is 11.9 Å². The molecule has 0 aliphatic carbocycles. The Labute approximate surface area is 103 Å². The summed E-state index contributed by atoms with van der Waals surface area (Å²) in [4.78, 5) is 13.1. The van der Waals surface area contributed by atoms with Crippen molar-refractivity contribution in [3.8, 4) is 0 Å². The molecule has 0 bridgehead atoms. The molecular weight excluding hydrogens is 244 g/mol. The third-order valence-electron chi connectivity index (χ3n) is 2.69. The number of esters is 1. The Balaban J connectivity index is 2.38. The van der Waals surface area contributed by atoms with Crippen LogP contribution in [0.3, 0.4) is 0 Å². The maximum absolute atomic E-state index is 11.8. The second-order valence-electron chi connectivity index (χ2n) is 4.27. The van der Waals surface area contributed by atoms with E-state index >= 15 is 0 Å². The molecule has 1 unspecified atom stereocenters. The van der Waals surface area contributed by atoms with Gasteiger partial charge in [-0.2, -0.15) is 4.31 Å². The van der Waals surface area contributed by atoms with Crippen molar-refractivity contribution in [2.75, 3.05) is 33.8 Å². The first-order valence-electron chi connectivity index (χ1n) is 5.70. The maximum atomic E-state index is 11.8. The summed E-state index contributed by atoms with van der Waals surface area (Å²) in [5.41, 5.74) is 0. The molecule has 0 amide bonds. The molecule has 1 saturated heterocycles. The number of nitrogens with zero attached hydrogens (tertiary/aromatic N) is 2. The molecule has 0 spiro atoms. The molecule has 2 atom stereocenters. The highest BCUT2D eigenvalue weighted by Crippen LogP contribution is 2.22. The van der Waals surface area contributed by atoms with Crippen LogP contribution in [0.2, 0.25) is 0 Å². The topological polar surface area (TPSA) is 66.7 Å². The van der Waals surface area contributed by atoms with Crippen LogP contribution in [0.25, 0.3) is 0 Å². The zero-order valence-corrected chi connectivity index (χ0v) is 11.4. The molecule has 0 radical (unpaired) electrons. The number of ether oxygens (including phenoxy) is 1. The Morgan fingerprint density at radius 2 is 2.12 bits per heavy atom. The zero-order valence-electron chi connectivity index (χ0n) is 10.5. The van der Waals surface area contributed by atoms with E-state index in [9.17, 15) is 13.2 Å². The first-order valence-corrected chi connectivity index (χ1v) is 7.21. The van der Waals surface area contributed by atoms with Gasteiger partial charge in [0.05, 0.1) is 6.61 Å². The van der Waals surface area contributed by atoms with Crippen molar-refractivity contribution in [3.63, 3.8) is 0 Å². The highest BCUT2D eigenvalue weighted by Gasteiger charge is 2.44. The molecule has 0 N–H and O–H groups in total. The van der Waals surface area contributed by atoms with E-state index in [0.29, 0.717) is 13.2 Å². The molecule has 0 aromatic carbocycles. The quantitative estimate of drug-likeness (QED) is 0.364. The molecule has 1 aliphatic rings. The fraction of sp³-hybridized carbons (Fsp3) is 0.900. The lowest BCUT2D eigenvalue weighted by molar-refractivity contribution is -0.143. The molecule has 17 heavy (non-hydrogen) atoms. The van der Waals surface area contributed by atoms with Crippen LogP contribution in [0.5, 0.6) is 0 Å². The van der Waals surface area contributed by atoms with E-state index in [1.165, 1.54) is 7.05 Å². The number of rotatable bonds is 7. The van der Waals surface area contributed by atoms with E-state index in [-0.39, 0.29) is 6.54 Å². The van der Waals surface area contributed by atoms with Gasteiger partial charge in [0.15, 0.2) is 0 Å². The van der Waals surface area contributed by atoms with E-state index in [0.717, 1.165) is 17.1 Å². The zero-order chi connectivity index (χ0) is 13.1. The van der Waals surface area contributed by atoms with Gasteiger partial charge in [-0.15, -0.1) is 0 Å². The smallest absolute Gasteiger partial charge is 0.321 e. The average molecular weight is 264 g/mol. The maximum Gasteiger partial charge on any atom is 0.321 e. The van der Waals surface area contributed by atoms with Gasteiger partial charge in [-0.05, 0) is 13.5 Å².